The van der Waals surface area contributed by atoms with Gasteiger partial charge in [-0.05, 0) is 94.2 Å². The number of benzene rings is 2. The molecule has 1 aliphatic carbocycles. The standard InChI is InChI=1S/C31H41NO5/c1-18-11-13-21(14-12-18)26-19(2)24-16-32(29(33)22-9-8-10-23(15-22)36-7)17-25(24)20(3)27(26)28(30(34)35)37-31(4,5)6/h11-14,22-23,28H,8-10,15-17H2,1-7H3,(H,34,35)/t22?,23?,28-/m0/s1. The minimum atomic E-state index is -1.12. The summed E-state index contributed by atoms with van der Waals surface area (Å²) in [5, 5.41) is 10.3. The van der Waals surface area contributed by atoms with Crippen LogP contribution in [0, 0.1) is 26.7 Å². The maximum atomic E-state index is 13.6. The Labute approximate surface area is 221 Å². The van der Waals surface area contributed by atoms with E-state index in [9.17, 15) is 14.7 Å². The predicted molar refractivity (Wildman–Crippen MR) is 144 cm³/mol. The molecule has 200 valence electrons. The van der Waals surface area contributed by atoms with Crippen LogP contribution in [-0.4, -0.2) is 40.7 Å². The van der Waals surface area contributed by atoms with Crippen molar-refractivity contribution in [3.63, 3.8) is 0 Å². The highest BCUT2D eigenvalue weighted by molar-refractivity contribution is 5.85. The smallest absolute Gasteiger partial charge is 0.337 e. The van der Waals surface area contributed by atoms with Gasteiger partial charge in [-0.1, -0.05) is 36.2 Å². The van der Waals surface area contributed by atoms with E-state index in [2.05, 4.69) is 6.92 Å². The summed E-state index contributed by atoms with van der Waals surface area (Å²) >= 11 is 0. The van der Waals surface area contributed by atoms with Gasteiger partial charge in [0, 0.05) is 31.7 Å². The number of ether oxygens (including phenoxy) is 2. The van der Waals surface area contributed by atoms with E-state index in [1.54, 1.807) is 7.11 Å². The molecule has 3 atom stereocenters. The van der Waals surface area contributed by atoms with Crippen LogP contribution in [0.5, 0.6) is 0 Å². The topological polar surface area (TPSA) is 76.1 Å². The number of fused-ring (bicyclic) bond motifs is 1. The van der Waals surface area contributed by atoms with E-state index in [1.807, 2.05) is 63.8 Å². The highest BCUT2D eigenvalue weighted by Gasteiger charge is 2.38. The van der Waals surface area contributed by atoms with Crippen molar-refractivity contribution < 1.29 is 24.2 Å². The van der Waals surface area contributed by atoms with Gasteiger partial charge in [0.1, 0.15) is 0 Å². The van der Waals surface area contributed by atoms with Crippen molar-refractivity contribution in [3.8, 4) is 11.1 Å². The summed E-state index contributed by atoms with van der Waals surface area (Å²) in [5.41, 5.74) is 7.16. The van der Waals surface area contributed by atoms with E-state index in [0.717, 1.165) is 64.6 Å². The summed E-state index contributed by atoms with van der Waals surface area (Å²) in [6, 6.07) is 8.20. The van der Waals surface area contributed by atoms with Gasteiger partial charge in [-0.25, -0.2) is 4.79 Å². The van der Waals surface area contributed by atoms with Crippen LogP contribution >= 0.6 is 0 Å². The minimum Gasteiger partial charge on any atom is -0.479 e. The van der Waals surface area contributed by atoms with Crippen molar-refractivity contribution in [1.29, 1.82) is 0 Å². The quantitative estimate of drug-likeness (QED) is 0.499. The molecule has 4 rings (SSSR count). The van der Waals surface area contributed by atoms with Gasteiger partial charge in [-0.2, -0.15) is 0 Å². The molecule has 1 fully saturated rings. The first-order valence-corrected chi connectivity index (χ1v) is 13.3. The Hall–Kier alpha value is -2.70. The van der Waals surface area contributed by atoms with Crippen LogP contribution in [0.25, 0.3) is 11.1 Å². The predicted octanol–water partition coefficient (Wildman–Crippen LogP) is 6.27. The Morgan fingerprint density at radius 3 is 2.19 bits per heavy atom. The molecule has 1 heterocycles. The van der Waals surface area contributed by atoms with Gasteiger partial charge in [0.25, 0.3) is 0 Å². The van der Waals surface area contributed by atoms with E-state index in [4.69, 9.17) is 9.47 Å². The summed E-state index contributed by atoms with van der Waals surface area (Å²) in [7, 11) is 1.72. The third kappa shape index (κ3) is 5.60. The number of aliphatic carboxylic acids is 1. The third-order valence-corrected chi connectivity index (χ3v) is 7.93. The molecule has 1 amide bonds. The Bertz CT molecular complexity index is 1180. The Morgan fingerprint density at radius 1 is 1.00 bits per heavy atom. The molecule has 0 radical (unpaired) electrons. The number of amides is 1. The molecule has 0 bridgehead atoms. The number of hydrogen-bond donors (Lipinski definition) is 1. The summed E-state index contributed by atoms with van der Waals surface area (Å²) in [4.78, 5) is 28.2. The van der Waals surface area contributed by atoms with Crippen molar-refractivity contribution >= 4 is 11.9 Å². The molecule has 0 spiro atoms. The number of hydrogen-bond acceptors (Lipinski definition) is 4. The van der Waals surface area contributed by atoms with Gasteiger partial charge < -0.3 is 19.5 Å². The van der Waals surface area contributed by atoms with Gasteiger partial charge in [0.2, 0.25) is 5.91 Å². The first-order valence-electron chi connectivity index (χ1n) is 13.3. The van der Waals surface area contributed by atoms with Crippen molar-refractivity contribution in [3.05, 3.63) is 57.6 Å². The van der Waals surface area contributed by atoms with Gasteiger partial charge in [-0.15, -0.1) is 0 Å². The van der Waals surface area contributed by atoms with E-state index in [0.29, 0.717) is 18.7 Å². The molecular weight excluding hydrogens is 466 g/mol. The number of aryl methyl sites for hydroxylation is 1. The lowest BCUT2D eigenvalue weighted by Crippen LogP contribution is -2.36. The molecule has 0 aromatic heterocycles. The monoisotopic (exact) mass is 507 g/mol. The Morgan fingerprint density at radius 2 is 1.62 bits per heavy atom. The zero-order chi connectivity index (χ0) is 27.1. The largest absolute Gasteiger partial charge is 0.479 e. The van der Waals surface area contributed by atoms with Gasteiger partial charge in [0.15, 0.2) is 6.10 Å². The maximum absolute atomic E-state index is 13.6. The van der Waals surface area contributed by atoms with Crippen molar-refractivity contribution in [2.75, 3.05) is 7.11 Å². The molecule has 1 aliphatic heterocycles. The summed E-state index contributed by atoms with van der Waals surface area (Å²) in [6.45, 7) is 12.8. The first-order chi connectivity index (χ1) is 17.4. The number of carbonyl (C=O) groups is 2. The molecule has 6 heteroatoms. The van der Waals surface area contributed by atoms with Crippen LogP contribution in [0.4, 0.5) is 0 Å². The normalized spacial score (nSPS) is 20.6. The molecule has 1 N–H and O–H groups in total. The number of rotatable bonds is 6. The molecule has 2 aromatic rings. The molecular formula is C31H41NO5. The van der Waals surface area contributed by atoms with E-state index < -0.39 is 17.7 Å². The highest BCUT2D eigenvalue weighted by atomic mass is 16.5. The van der Waals surface area contributed by atoms with Gasteiger partial charge >= 0.3 is 5.97 Å². The summed E-state index contributed by atoms with van der Waals surface area (Å²) in [5.74, 6) is -0.860. The highest BCUT2D eigenvalue weighted by Crippen LogP contribution is 2.44. The second-order valence-electron chi connectivity index (χ2n) is 11.7. The van der Waals surface area contributed by atoms with Crippen LogP contribution in [0.1, 0.15) is 85.9 Å². The second kappa shape index (κ2) is 10.6. The van der Waals surface area contributed by atoms with Crippen LogP contribution in [0.2, 0.25) is 0 Å². The number of carbonyl (C=O) groups excluding carboxylic acids is 1. The molecule has 37 heavy (non-hydrogen) atoms. The fraction of sp³-hybridized carbons (Fsp3) is 0.548. The average Bonchev–Trinajstić information content (AvgIpc) is 3.31. The lowest BCUT2D eigenvalue weighted by Gasteiger charge is -2.30. The number of methoxy groups -OCH3 is 1. The fourth-order valence-electron chi connectivity index (χ4n) is 6.02. The van der Waals surface area contributed by atoms with Crippen molar-refractivity contribution in [2.45, 2.75) is 98.1 Å². The molecule has 1 saturated carbocycles. The van der Waals surface area contributed by atoms with Crippen molar-refractivity contribution in [1.82, 2.24) is 4.90 Å². The van der Waals surface area contributed by atoms with E-state index in [1.165, 1.54) is 0 Å². The molecule has 0 saturated heterocycles. The molecule has 2 aliphatic rings. The SMILES string of the molecule is COC1CCCC(C(=O)N2Cc3c(C)c(-c4ccc(C)cc4)c([C@H](OC(C)(C)C)C(=O)O)c(C)c3C2)C1. The first kappa shape index (κ1) is 27.3. The summed E-state index contributed by atoms with van der Waals surface area (Å²) in [6.07, 6.45) is 2.68. The third-order valence-electron chi connectivity index (χ3n) is 7.93. The Kier molecular flexibility index (Phi) is 7.82. The van der Waals surface area contributed by atoms with Crippen LogP contribution in [0.3, 0.4) is 0 Å². The number of carboxylic acids is 1. The van der Waals surface area contributed by atoms with Crippen LogP contribution < -0.4 is 0 Å². The Balaban J connectivity index is 1.81. The molecule has 6 nitrogen and oxygen atoms in total. The van der Waals surface area contributed by atoms with Gasteiger partial charge in [0.05, 0.1) is 11.7 Å². The van der Waals surface area contributed by atoms with Gasteiger partial charge in [-0.3, -0.25) is 4.79 Å². The second-order valence-corrected chi connectivity index (χ2v) is 11.7. The number of carboxylic acid groups (broad SMARTS) is 1. The van der Waals surface area contributed by atoms with Crippen LogP contribution in [-0.2, 0) is 32.2 Å². The molecule has 2 unspecified atom stereocenters. The number of nitrogens with zero attached hydrogens (tertiary/aromatic N) is 1. The molecule has 2 aromatic carbocycles. The lowest BCUT2D eigenvalue weighted by atomic mass is 9.83. The van der Waals surface area contributed by atoms with Crippen molar-refractivity contribution in [2.24, 2.45) is 5.92 Å². The lowest BCUT2D eigenvalue weighted by molar-refractivity contribution is -0.160. The van der Waals surface area contributed by atoms with E-state index in [-0.39, 0.29) is 17.9 Å². The van der Waals surface area contributed by atoms with Crippen LogP contribution in [0.15, 0.2) is 24.3 Å². The average molecular weight is 508 g/mol. The maximum Gasteiger partial charge on any atom is 0.337 e. The fourth-order valence-corrected chi connectivity index (χ4v) is 6.02. The zero-order valence-electron chi connectivity index (χ0n) is 23.3. The minimum absolute atomic E-state index is 0.0272. The van der Waals surface area contributed by atoms with E-state index >= 15 is 0 Å². The summed E-state index contributed by atoms with van der Waals surface area (Å²) < 4.78 is 11.7. The zero-order valence-corrected chi connectivity index (χ0v) is 23.3.